The Morgan fingerprint density at radius 1 is 1.33 bits per heavy atom. The maximum absolute atomic E-state index is 9.76. The Kier molecular flexibility index (Phi) is 6.25. The highest BCUT2D eigenvalue weighted by Crippen LogP contribution is 2.21. The molecule has 0 saturated carbocycles. The third-order valence-electron chi connectivity index (χ3n) is 2.62. The Bertz CT molecular complexity index is 248. The van der Waals surface area contributed by atoms with E-state index in [4.69, 9.17) is 14.2 Å². The molecular formula is C13H24O5. The second-order valence-electron chi connectivity index (χ2n) is 5.09. The summed E-state index contributed by atoms with van der Waals surface area (Å²) in [6.07, 6.45) is 2.01. The van der Waals surface area contributed by atoms with Crippen LogP contribution in [0.4, 0.5) is 0 Å². The smallest absolute Gasteiger partial charge is 0.159 e. The molecule has 1 saturated heterocycles. The molecular weight excluding hydrogens is 236 g/mol. The first-order valence-corrected chi connectivity index (χ1v) is 6.29. The van der Waals surface area contributed by atoms with Crippen LogP contribution >= 0.6 is 0 Å². The van der Waals surface area contributed by atoms with Gasteiger partial charge in [0.25, 0.3) is 0 Å². The molecule has 0 amide bonds. The van der Waals surface area contributed by atoms with Gasteiger partial charge in [0.05, 0.1) is 38.1 Å². The van der Waals surface area contributed by atoms with Crippen molar-refractivity contribution < 1.29 is 24.4 Å². The number of ether oxygens (including phenoxy) is 3. The van der Waals surface area contributed by atoms with Crippen LogP contribution in [0.25, 0.3) is 0 Å². The Morgan fingerprint density at radius 3 is 2.50 bits per heavy atom. The lowest BCUT2D eigenvalue weighted by atomic mass is 10.0. The molecule has 1 heterocycles. The largest absolute Gasteiger partial charge is 0.393 e. The van der Waals surface area contributed by atoms with Crippen LogP contribution < -0.4 is 0 Å². The molecule has 0 bridgehead atoms. The summed E-state index contributed by atoms with van der Waals surface area (Å²) in [7, 11) is 0. The normalized spacial score (nSPS) is 29.2. The molecule has 0 radical (unpaired) electrons. The molecule has 5 heteroatoms. The third-order valence-corrected chi connectivity index (χ3v) is 2.62. The second-order valence-corrected chi connectivity index (χ2v) is 5.09. The van der Waals surface area contributed by atoms with Crippen molar-refractivity contribution in [1.29, 1.82) is 0 Å². The van der Waals surface area contributed by atoms with Crippen molar-refractivity contribution >= 4 is 0 Å². The molecule has 3 unspecified atom stereocenters. The summed E-state index contributed by atoms with van der Waals surface area (Å²) < 4.78 is 16.3. The first-order chi connectivity index (χ1) is 8.40. The maximum atomic E-state index is 9.76. The van der Waals surface area contributed by atoms with Crippen LogP contribution in [0.15, 0.2) is 12.7 Å². The Morgan fingerprint density at radius 2 is 1.94 bits per heavy atom. The molecule has 1 fully saturated rings. The molecule has 18 heavy (non-hydrogen) atoms. The van der Waals surface area contributed by atoms with E-state index in [-0.39, 0.29) is 18.8 Å². The fourth-order valence-corrected chi connectivity index (χ4v) is 1.88. The lowest BCUT2D eigenvalue weighted by molar-refractivity contribution is -0.214. The van der Waals surface area contributed by atoms with E-state index in [1.54, 1.807) is 19.9 Å². The average molecular weight is 260 g/mol. The van der Waals surface area contributed by atoms with E-state index in [2.05, 4.69) is 6.58 Å². The summed E-state index contributed by atoms with van der Waals surface area (Å²) in [5, 5.41) is 19.2. The SMILES string of the molecule is C=CCOCC1CC(O)CC(COC(C)(C)O)O1. The molecule has 1 aliphatic rings. The van der Waals surface area contributed by atoms with Crippen molar-refractivity contribution in [1.82, 2.24) is 0 Å². The van der Waals surface area contributed by atoms with Crippen molar-refractivity contribution in [3.05, 3.63) is 12.7 Å². The highest BCUT2D eigenvalue weighted by atomic mass is 16.6. The highest BCUT2D eigenvalue weighted by molar-refractivity contribution is 4.78. The van der Waals surface area contributed by atoms with Crippen molar-refractivity contribution in [2.24, 2.45) is 0 Å². The van der Waals surface area contributed by atoms with Crippen LogP contribution in [0.2, 0.25) is 0 Å². The maximum Gasteiger partial charge on any atom is 0.159 e. The van der Waals surface area contributed by atoms with Gasteiger partial charge in [-0.3, -0.25) is 0 Å². The van der Waals surface area contributed by atoms with Gasteiger partial charge in [0, 0.05) is 12.8 Å². The molecule has 0 aromatic rings. The van der Waals surface area contributed by atoms with Crippen LogP contribution in [0.3, 0.4) is 0 Å². The molecule has 5 nitrogen and oxygen atoms in total. The average Bonchev–Trinajstić information content (AvgIpc) is 2.25. The van der Waals surface area contributed by atoms with Gasteiger partial charge in [-0.2, -0.15) is 0 Å². The number of aliphatic hydroxyl groups is 2. The zero-order valence-corrected chi connectivity index (χ0v) is 11.2. The van der Waals surface area contributed by atoms with Gasteiger partial charge >= 0.3 is 0 Å². The minimum absolute atomic E-state index is 0.135. The first kappa shape index (κ1) is 15.6. The van der Waals surface area contributed by atoms with Gasteiger partial charge in [0.2, 0.25) is 0 Å². The topological polar surface area (TPSA) is 68.2 Å². The van der Waals surface area contributed by atoms with Crippen LogP contribution in [0, 0.1) is 0 Å². The third kappa shape index (κ3) is 6.47. The minimum atomic E-state index is -1.18. The summed E-state index contributed by atoms with van der Waals surface area (Å²) in [5.41, 5.74) is 0. The van der Waals surface area contributed by atoms with Crippen LogP contribution in [0.5, 0.6) is 0 Å². The van der Waals surface area contributed by atoms with E-state index in [1.165, 1.54) is 0 Å². The summed E-state index contributed by atoms with van der Waals surface area (Å²) in [6, 6.07) is 0. The predicted octanol–water partition coefficient (Wildman–Crippen LogP) is 0.842. The van der Waals surface area contributed by atoms with Gasteiger partial charge in [0.15, 0.2) is 5.79 Å². The number of aliphatic hydroxyl groups excluding tert-OH is 1. The monoisotopic (exact) mass is 260 g/mol. The van der Waals surface area contributed by atoms with Gasteiger partial charge < -0.3 is 24.4 Å². The summed E-state index contributed by atoms with van der Waals surface area (Å²) in [6.45, 7) is 7.87. The van der Waals surface area contributed by atoms with E-state index >= 15 is 0 Å². The fraction of sp³-hybridized carbons (Fsp3) is 0.846. The molecule has 0 aliphatic carbocycles. The summed E-state index contributed by atoms with van der Waals surface area (Å²) in [5.74, 6) is -1.18. The van der Waals surface area contributed by atoms with E-state index in [1.807, 2.05) is 0 Å². The Hall–Kier alpha value is -0.460. The van der Waals surface area contributed by atoms with Gasteiger partial charge in [-0.1, -0.05) is 6.08 Å². The van der Waals surface area contributed by atoms with Crippen molar-refractivity contribution in [2.45, 2.75) is 50.8 Å². The van der Waals surface area contributed by atoms with Crippen LogP contribution in [-0.2, 0) is 14.2 Å². The first-order valence-electron chi connectivity index (χ1n) is 6.29. The van der Waals surface area contributed by atoms with E-state index in [0.717, 1.165) is 0 Å². The number of hydrogen-bond acceptors (Lipinski definition) is 5. The lowest BCUT2D eigenvalue weighted by Gasteiger charge is -2.34. The van der Waals surface area contributed by atoms with Crippen molar-refractivity contribution in [2.75, 3.05) is 19.8 Å². The molecule has 0 aromatic heterocycles. The molecule has 0 spiro atoms. The highest BCUT2D eigenvalue weighted by Gasteiger charge is 2.29. The molecule has 1 aliphatic heterocycles. The van der Waals surface area contributed by atoms with E-state index in [0.29, 0.717) is 26.1 Å². The molecule has 1 rings (SSSR count). The van der Waals surface area contributed by atoms with Crippen LogP contribution in [0.1, 0.15) is 26.7 Å². The van der Waals surface area contributed by atoms with E-state index < -0.39 is 11.9 Å². The fourth-order valence-electron chi connectivity index (χ4n) is 1.88. The number of rotatable bonds is 7. The molecule has 3 atom stereocenters. The van der Waals surface area contributed by atoms with Gasteiger partial charge in [-0.15, -0.1) is 6.58 Å². The van der Waals surface area contributed by atoms with Gasteiger partial charge in [0.1, 0.15) is 0 Å². The minimum Gasteiger partial charge on any atom is -0.393 e. The van der Waals surface area contributed by atoms with Crippen molar-refractivity contribution in [3.63, 3.8) is 0 Å². The summed E-state index contributed by atoms with van der Waals surface area (Å²) >= 11 is 0. The molecule has 106 valence electrons. The van der Waals surface area contributed by atoms with Gasteiger partial charge in [-0.25, -0.2) is 0 Å². The molecule has 2 N–H and O–H groups in total. The Balaban J connectivity index is 2.33. The quantitative estimate of drug-likeness (QED) is 0.403. The second kappa shape index (κ2) is 7.21. The zero-order chi connectivity index (χ0) is 13.6. The number of hydrogen-bond donors (Lipinski definition) is 2. The van der Waals surface area contributed by atoms with Gasteiger partial charge in [-0.05, 0) is 13.8 Å². The zero-order valence-electron chi connectivity index (χ0n) is 11.2. The van der Waals surface area contributed by atoms with Crippen molar-refractivity contribution in [3.8, 4) is 0 Å². The summed E-state index contributed by atoms with van der Waals surface area (Å²) in [4.78, 5) is 0. The Labute approximate surface area is 108 Å². The lowest BCUT2D eigenvalue weighted by Crippen LogP contribution is -2.41. The standard InChI is InChI=1S/C13H24O5/c1-4-5-16-8-11-6-10(14)7-12(18-11)9-17-13(2,3)15/h4,10-12,14-15H,1,5-9H2,2-3H3. The molecule has 0 aromatic carbocycles. The van der Waals surface area contributed by atoms with Crippen LogP contribution in [-0.4, -0.2) is 54.1 Å². The predicted molar refractivity (Wildman–Crippen MR) is 67.2 cm³/mol. The van der Waals surface area contributed by atoms with E-state index in [9.17, 15) is 10.2 Å².